The zero-order valence-corrected chi connectivity index (χ0v) is 33.3. The van der Waals surface area contributed by atoms with Gasteiger partial charge in [-0.1, -0.05) is 116 Å². The smallest absolute Gasteiger partial charge is 0.421 e. The second-order valence-corrected chi connectivity index (χ2v) is 15.6. The Morgan fingerprint density at radius 2 is 1.41 bits per heavy atom. The number of carbonyl (C=O) groups excluding carboxylic acids is 4. The minimum absolute atomic E-state index is 0.00522. The third-order valence-corrected chi connectivity index (χ3v) is 12.3. The van der Waals surface area contributed by atoms with E-state index in [1.807, 2.05) is 77.7 Å². The molecular weight excluding hydrogens is 751 g/mol. The number of methoxy groups -OCH3 is 1. The van der Waals surface area contributed by atoms with Crippen LogP contribution in [0.15, 0.2) is 109 Å². The van der Waals surface area contributed by atoms with Crippen molar-refractivity contribution in [3.05, 3.63) is 131 Å². The number of cyclic esters (lactones) is 1. The molecule has 4 aromatic carbocycles. The van der Waals surface area contributed by atoms with Crippen LogP contribution in [-0.4, -0.2) is 97.9 Å². The minimum Gasteiger partial charge on any atom is -0.491 e. The van der Waals surface area contributed by atoms with E-state index in [4.69, 9.17) is 18.9 Å². The van der Waals surface area contributed by atoms with Gasteiger partial charge in [-0.25, -0.2) is 9.69 Å². The summed E-state index contributed by atoms with van der Waals surface area (Å²) < 4.78 is 23.6. The molecule has 0 bridgehead atoms. The van der Waals surface area contributed by atoms with E-state index in [1.165, 1.54) is 7.11 Å². The lowest BCUT2D eigenvalue weighted by Gasteiger charge is -2.46. The quantitative estimate of drug-likeness (QED) is 0.127. The van der Waals surface area contributed by atoms with Crippen LogP contribution in [0.25, 0.3) is 0 Å². The van der Waals surface area contributed by atoms with Gasteiger partial charge < -0.3 is 24.1 Å². The molecular formula is C47H51N3O9. The zero-order chi connectivity index (χ0) is 40.9. The van der Waals surface area contributed by atoms with E-state index in [1.54, 1.807) is 36.4 Å². The van der Waals surface area contributed by atoms with E-state index in [0.29, 0.717) is 30.0 Å². The number of para-hydroxylation sites is 2. The topological polar surface area (TPSA) is 135 Å². The Bertz CT molecular complexity index is 2130. The summed E-state index contributed by atoms with van der Waals surface area (Å²) in [6.07, 6.45) is 3.34. The molecule has 12 nitrogen and oxygen atoms in total. The molecule has 1 N–H and O–H groups in total. The summed E-state index contributed by atoms with van der Waals surface area (Å²) in [5.74, 6) is -2.56. The highest BCUT2D eigenvalue weighted by atomic mass is 16.6. The first-order valence-corrected chi connectivity index (χ1v) is 20.7. The molecule has 4 aliphatic rings. The fraction of sp³-hybridized carbons (Fsp3) is 0.404. The van der Waals surface area contributed by atoms with Crippen LogP contribution in [0.2, 0.25) is 0 Å². The van der Waals surface area contributed by atoms with Gasteiger partial charge in [0.05, 0.1) is 43.4 Å². The number of aliphatic hydroxyl groups excluding tert-OH is 1. The summed E-state index contributed by atoms with van der Waals surface area (Å²) in [7, 11) is 1.49. The largest absolute Gasteiger partial charge is 0.491 e. The van der Waals surface area contributed by atoms with Gasteiger partial charge in [-0.2, -0.15) is 0 Å². The predicted octanol–water partition coefficient (Wildman–Crippen LogP) is 6.34. The molecule has 4 aromatic rings. The molecule has 0 unspecified atom stereocenters. The zero-order valence-electron chi connectivity index (χ0n) is 33.3. The third-order valence-electron chi connectivity index (χ3n) is 12.3. The summed E-state index contributed by atoms with van der Waals surface area (Å²) in [5, 5.41) is 9.96. The summed E-state index contributed by atoms with van der Waals surface area (Å²) in [5.41, 5.74) is 0.894. The Balaban J connectivity index is 1.42. The Hall–Kier alpha value is -5.40. The molecule has 4 heterocycles. The summed E-state index contributed by atoms with van der Waals surface area (Å²) in [6.45, 7) is 1.10. The number of Topliss-reactive ketones (excluding diaryl/α,β-unsaturated/α-hetero) is 1. The Morgan fingerprint density at radius 1 is 0.763 bits per heavy atom. The van der Waals surface area contributed by atoms with Crippen molar-refractivity contribution in [2.24, 2.45) is 5.92 Å². The van der Waals surface area contributed by atoms with Crippen molar-refractivity contribution in [3.8, 4) is 5.75 Å². The number of esters is 1. The van der Waals surface area contributed by atoms with Gasteiger partial charge in [-0.15, -0.1) is 0 Å². The molecule has 0 radical (unpaired) electrons. The van der Waals surface area contributed by atoms with Crippen molar-refractivity contribution in [2.75, 3.05) is 58.1 Å². The normalized spacial score (nSPS) is 25.8. The van der Waals surface area contributed by atoms with E-state index >= 15 is 14.4 Å². The number of benzene rings is 4. The maximum atomic E-state index is 16.1. The van der Waals surface area contributed by atoms with Gasteiger partial charge >= 0.3 is 12.1 Å². The molecule has 2 amide bonds. The number of anilines is 1. The number of hydrogen-bond acceptors (Lipinski definition) is 11. The lowest BCUT2D eigenvalue weighted by atomic mass is 9.64. The molecule has 59 heavy (non-hydrogen) atoms. The maximum absolute atomic E-state index is 16.1. The van der Waals surface area contributed by atoms with Crippen LogP contribution >= 0.6 is 0 Å². The number of morpholine rings is 1. The van der Waals surface area contributed by atoms with Crippen LogP contribution in [0.4, 0.5) is 10.5 Å². The fourth-order valence-corrected chi connectivity index (χ4v) is 9.95. The average Bonchev–Trinajstić information content (AvgIpc) is 3.71. The van der Waals surface area contributed by atoms with Crippen LogP contribution in [-0.2, 0) is 34.0 Å². The molecule has 308 valence electrons. The van der Waals surface area contributed by atoms with Gasteiger partial charge in [-0.3, -0.25) is 24.2 Å². The Labute approximate surface area is 344 Å². The first-order chi connectivity index (χ1) is 28.9. The van der Waals surface area contributed by atoms with E-state index in [2.05, 4.69) is 4.90 Å². The number of nitrogens with zero attached hydrogens (tertiary/aromatic N) is 3. The number of imide groups is 1. The van der Waals surface area contributed by atoms with Crippen LogP contribution < -0.4 is 9.64 Å². The third kappa shape index (κ3) is 7.32. The van der Waals surface area contributed by atoms with E-state index in [0.717, 1.165) is 48.1 Å². The molecule has 0 aliphatic carbocycles. The standard InChI is InChI=1S/C47H51N3O9/c1-56-29-30-58-46(55)49-36-23-13-12-22-35(36)47(45(49)54)39(37(52)31-48-25-15-3-2-4-16-26-48)41-44(53)59-42(33-19-9-6-10-20-33)40(32-17-7-5-8-18-32)50(41)43(47)34-21-11-14-24-38(34)57-28-27-51/h5-14,17-24,39-43,51H,2-4,15-16,25-31H2,1H3/t39-,40+,41+,42-,43-,47+/m0/s1. The number of ketones is 1. The average molecular weight is 802 g/mol. The SMILES string of the molecule is COCCOC(=O)N1C(=O)[C@@]2(c3ccccc31)[C@H](c1ccccc1OCCO)N1[C@H](c3ccccc3)[C@H](c3ccccc3)OC(=O)[C@H]1[C@@H]2C(=O)CN1CCCCCCC1. The van der Waals surface area contributed by atoms with Crippen molar-refractivity contribution in [3.63, 3.8) is 0 Å². The van der Waals surface area contributed by atoms with Crippen molar-refractivity contribution in [2.45, 2.75) is 61.7 Å². The molecule has 1 spiro atoms. The van der Waals surface area contributed by atoms with Gasteiger partial charge in [0.25, 0.3) is 0 Å². The van der Waals surface area contributed by atoms with Crippen LogP contribution in [0.1, 0.15) is 72.5 Å². The van der Waals surface area contributed by atoms with Gasteiger partial charge in [0.15, 0.2) is 5.78 Å². The first-order valence-electron chi connectivity index (χ1n) is 20.7. The maximum Gasteiger partial charge on any atom is 0.421 e. The fourth-order valence-electron chi connectivity index (χ4n) is 9.95. The summed E-state index contributed by atoms with van der Waals surface area (Å²) >= 11 is 0. The summed E-state index contributed by atoms with van der Waals surface area (Å²) in [6, 6.07) is 30.3. The number of rotatable bonds is 12. The van der Waals surface area contributed by atoms with Gasteiger partial charge in [0.1, 0.15) is 36.5 Å². The lowest BCUT2D eigenvalue weighted by molar-refractivity contribution is -0.178. The van der Waals surface area contributed by atoms with Crippen molar-refractivity contribution >= 4 is 29.4 Å². The molecule has 12 heteroatoms. The highest BCUT2D eigenvalue weighted by Crippen LogP contribution is 2.66. The van der Waals surface area contributed by atoms with Gasteiger partial charge in [-0.05, 0) is 54.8 Å². The van der Waals surface area contributed by atoms with E-state index < -0.39 is 53.5 Å². The van der Waals surface area contributed by atoms with Gasteiger partial charge in [0.2, 0.25) is 5.91 Å². The molecule has 4 aliphatic heterocycles. The molecule has 3 saturated heterocycles. The van der Waals surface area contributed by atoms with Gasteiger partial charge in [0, 0.05) is 12.7 Å². The number of amides is 2. The van der Waals surface area contributed by atoms with Crippen molar-refractivity contribution in [1.29, 1.82) is 0 Å². The van der Waals surface area contributed by atoms with Crippen LogP contribution in [0.5, 0.6) is 5.75 Å². The van der Waals surface area contributed by atoms with Crippen LogP contribution in [0.3, 0.4) is 0 Å². The van der Waals surface area contributed by atoms with E-state index in [9.17, 15) is 9.90 Å². The number of fused-ring (bicyclic) bond motifs is 3. The predicted molar refractivity (Wildman–Crippen MR) is 219 cm³/mol. The lowest BCUT2D eigenvalue weighted by Crippen LogP contribution is -2.55. The number of carbonyl (C=O) groups is 4. The molecule has 3 fully saturated rings. The molecule has 0 saturated carbocycles. The number of aliphatic hydroxyl groups is 1. The summed E-state index contributed by atoms with van der Waals surface area (Å²) in [4.78, 5) is 66.4. The molecule has 8 rings (SSSR count). The second kappa shape index (κ2) is 17.8. The number of hydrogen-bond donors (Lipinski definition) is 1. The number of ether oxygens (including phenoxy) is 4. The Kier molecular flexibility index (Phi) is 12.2. The van der Waals surface area contributed by atoms with Crippen molar-refractivity contribution in [1.82, 2.24) is 9.80 Å². The first kappa shape index (κ1) is 40.4. The highest BCUT2D eigenvalue weighted by Gasteiger charge is 2.75. The monoisotopic (exact) mass is 801 g/mol. The van der Waals surface area contributed by atoms with Crippen molar-refractivity contribution < 1.29 is 43.2 Å². The molecule has 0 aromatic heterocycles. The number of likely N-dealkylation sites (tertiary alicyclic amines) is 1. The second-order valence-electron chi connectivity index (χ2n) is 15.6. The highest BCUT2D eigenvalue weighted by molar-refractivity contribution is 6.23. The molecule has 6 atom stereocenters. The Morgan fingerprint density at radius 3 is 2.12 bits per heavy atom. The van der Waals surface area contributed by atoms with Crippen LogP contribution in [0, 0.1) is 5.92 Å². The minimum atomic E-state index is -1.86. The van der Waals surface area contributed by atoms with E-state index in [-0.39, 0.29) is 44.4 Å².